The summed E-state index contributed by atoms with van der Waals surface area (Å²) < 4.78 is 11.4. The highest BCUT2D eigenvalue weighted by atomic mass is 31.2. The topological polar surface area (TPSA) is 109 Å². The molecule has 9 heteroatoms. The van der Waals surface area contributed by atoms with Crippen LogP contribution in [0.25, 0.3) is 0 Å². The van der Waals surface area contributed by atoms with Gasteiger partial charge in [0.05, 0.1) is 17.5 Å². The van der Waals surface area contributed by atoms with Gasteiger partial charge in [-0.3, -0.25) is 9.46 Å². The number of rotatable bonds is 5. The number of para-hydroxylation sites is 2. The molecule has 8 nitrogen and oxygen atoms in total. The Hall–Kier alpha value is -1.44. The van der Waals surface area contributed by atoms with Crippen LogP contribution in [0.5, 0.6) is 0 Å². The molecule has 1 aromatic rings. The second kappa shape index (κ2) is 11.3. The minimum atomic E-state index is -4.14. The molecule has 3 aliphatic carbocycles. The third-order valence-corrected chi connectivity index (χ3v) is 12.1. The van der Waals surface area contributed by atoms with Crippen LogP contribution in [0.4, 0.5) is 11.4 Å². The van der Waals surface area contributed by atoms with Crippen LogP contribution in [0.1, 0.15) is 72.1 Å². The average molecular weight is 573 g/mol. The van der Waals surface area contributed by atoms with Crippen molar-refractivity contribution in [3.63, 3.8) is 0 Å². The lowest BCUT2D eigenvalue weighted by atomic mass is 9.61. The summed E-state index contributed by atoms with van der Waals surface area (Å²) in [6.07, 6.45) is 8.96. The summed E-state index contributed by atoms with van der Waals surface area (Å²) in [6, 6.07) is 9.40. The van der Waals surface area contributed by atoms with Gasteiger partial charge in [-0.15, -0.1) is 0 Å². The van der Waals surface area contributed by atoms with E-state index in [0.29, 0.717) is 29.8 Å². The molecule has 1 aromatic carbocycles. The lowest BCUT2D eigenvalue weighted by Crippen LogP contribution is -2.64. The summed E-state index contributed by atoms with van der Waals surface area (Å²) in [5.74, 6) is 4.92. The summed E-state index contributed by atoms with van der Waals surface area (Å²) >= 11 is 0. The molecule has 0 radical (unpaired) electrons. The van der Waals surface area contributed by atoms with Crippen LogP contribution in [0.15, 0.2) is 29.3 Å². The normalized spacial score (nSPS) is 40.1. The van der Waals surface area contributed by atoms with Crippen LogP contribution >= 0.6 is 7.60 Å². The molecule has 2 unspecified atom stereocenters. The molecule has 0 amide bonds. The largest absolute Gasteiger partial charge is 0.369 e. The van der Waals surface area contributed by atoms with Gasteiger partial charge in [0.25, 0.3) is 0 Å². The molecule has 3 aliphatic heterocycles. The number of anilines is 1. The second-order valence-corrected chi connectivity index (χ2v) is 15.7. The first-order chi connectivity index (χ1) is 19.1. The summed E-state index contributed by atoms with van der Waals surface area (Å²) in [4.78, 5) is 28.5. The van der Waals surface area contributed by atoms with Crippen molar-refractivity contribution in [2.75, 3.05) is 24.2 Å². The van der Waals surface area contributed by atoms with Gasteiger partial charge in [0.2, 0.25) is 0 Å². The van der Waals surface area contributed by atoms with Crippen LogP contribution in [0.2, 0.25) is 0 Å². The summed E-state index contributed by atoms with van der Waals surface area (Å²) in [6.45, 7) is 8.52. The molecule has 2 saturated heterocycles. The number of nitrogens with zero attached hydrogens (tertiary/aromatic N) is 3. The molecule has 10 atom stereocenters. The number of nitrogens with one attached hydrogen (secondary N) is 1. The van der Waals surface area contributed by atoms with Crippen molar-refractivity contribution in [3.8, 4) is 0 Å². The predicted molar refractivity (Wildman–Crippen MR) is 160 cm³/mol. The van der Waals surface area contributed by atoms with Gasteiger partial charge in [0, 0.05) is 31.2 Å². The Morgan fingerprint density at radius 1 is 0.975 bits per heavy atom. The Morgan fingerprint density at radius 2 is 1.77 bits per heavy atom. The minimum Gasteiger partial charge on any atom is -0.369 e. The Kier molecular flexibility index (Phi) is 8.12. The van der Waals surface area contributed by atoms with E-state index in [-0.39, 0.29) is 18.7 Å². The van der Waals surface area contributed by atoms with Gasteiger partial charge in [0.1, 0.15) is 0 Å². The van der Waals surface area contributed by atoms with Crippen LogP contribution < -0.4 is 10.2 Å². The number of piperidine rings is 1. The van der Waals surface area contributed by atoms with Gasteiger partial charge < -0.3 is 25.1 Å². The maximum atomic E-state index is 11.7. The molecule has 222 valence electrons. The van der Waals surface area contributed by atoms with E-state index in [2.05, 4.69) is 42.0 Å². The first-order valence-corrected chi connectivity index (χ1v) is 17.5. The van der Waals surface area contributed by atoms with Crippen molar-refractivity contribution in [3.05, 3.63) is 24.3 Å². The molecule has 6 aliphatic rings. The Balaban J connectivity index is 1.26. The molecular weight excluding hydrogens is 523 g/mol. The fourth-order valence-corrected chi connectivity index (χ4v) is 9.56. The van der Waals surface area contributed by atoms with Gasteiger partial charge in [-0.05, 0) is 99.0 Å². The standard InChI is InChI=1S/C31H49N4O4P/c1-19-8-9-25-17-29(24(12-19)18-34(25)26-15-22-13-20(2)21(3)23(14-22)16-26)35-28-7-5-4-6-27(28)33-30(31(35)36)32-10-11-40(37,38)39/h4-7,19-26,29,31,36H,8-18H2,1-3H3,(H,32,33)(H2,37,38,39)/t19-,20-,21-,22-,23+,24?,25+,26+,29-,31?/m1/s1. The Bertz CT molecular complexity index is 1140. The van der Waals surface area contributed by atoms with Crippen LogP contribution in [-0.2, 0) is 4.57 Å². The summed E-state index contributed by atoms with van der Waals surface area (Å²) in [5, 5.41) is 14.8. The quantitative estimate of drug-likeness (QED) is 0.369. The lowest BCUT2D eigenvalue weighted by Gasteiger charge is -2.57. The minimum absolute atomic E-state index is 0.0682. The number of hydrogen-bond acceptors (Lipinski definition) is 6. The molecule has 3 heterocycles. The Morgan fingerprint density at radius 3 is 2.58 bits per heavy atom. The zero-order valence-corrected chi connectivity index (χ0v) is 25.3. The number of fused-ring (bicyclic) bond motifs is 8. The fourth-order valence-electron chi connectivity index (χ4n) is 9.16. The number of aliphatic hydroxyl groups excluding tert-OH is 1. The first kappa shape index (κ1) is 28.7. The smallest absolute Gasteiger partial charge is 0.327 e. The molecule has 5 fully saturated rings. The van der Waals surface area contributed by atoms with E-state index < -0.39 is 13.8 Å². The highest BCUT2D eigenvalue weighted by Gasteiger charge is 2.48. The molecule has 7 rings (SSSR count). The van der Waals surface area contributed by atoms with E-state index in [1.165, 1.54) is 38.5 Å². The van der Waals surface area contributed by atoms with Crippen molar-refractivity contribution in [2.24, 2.45) is 40.5 Å². The van der Waals surface area contributed by atoms with Crippen LogP contribution in [0.3, 0.4) is 0 Å². The number of hydrogen-bond donors (Lipinski definition) is 4. The Labute approximate surface area is 239 Å². The predicted octanol–water partition coefficient (Wildman–Crippen LogP) is 4.96. The van der Waals surface area contributed by atoms with Gasteiger partial charge in [-0.2, -0.15) is 0 Å². The third-order valence-electron chi connectivity index (χ3n) is 11.3. The third kappa shape index (κ3) is 5.76. The number of amidine groups is 1. The highest BCUT2D eigenvalue weighted by molar-refractivity contribution is 7.51. The van der Waals surface area contributed by atoms with Crippen molar-refractivity contribution in [2.45, 2.75) is 96.5 Å². The first-order valence-electron chi connectivity index (χ1n) is 15.8. The average Bonchev–Trinajstić information content (AvgIpc) is 2.89. The van der Waals surface area contributed by atoms with Crippen molar-refractivity contribution in [1.29, 1.82) is 0 Å². The number of aliphatic hydroxyl groups is 1. The van der Waals surface area contributed by atoms with Crippen LogP contribution in [-0.4, -0.2) is 69.2 Å². The van der Waals surface area contributed by atoms with Crippen molar-refractivity contribution >= 4 is 24.8 Å². The maximum absolute atomic E-state index is 11.7. The molecule has 40 heavy (non-hydrogen) atoms. The lowest BCUT2D eigenvalue weighted by molar-refractivity contribution is -0.0388. The molecule has 4 N–H and O–H groups in total. The van der Waals surface area contributed by atoms with E-state index in [4.69, 9.17) is 4.99 Å². The van der Waals surface area contributed by atoms with Gasteiger partial charge in [0.15, 0.2) is 12.1 Å². The monoisotopic (exact) mass is 572 g/mol. The molecule has 3 saturated carbocycles. The zero-order valence-electron chi connectivity index (χ0n) is 24.4. The second-order valence-electron chi connectivity index (χ2n) is 14.0. The molecule has 0 aromatic heterocycles. The fraction of sp³-hybridized carbons (Fsp3) is 0.774. The number of aliphatic imine (C=N–C) groups is 1. The van der Waals surface area contributed by atoms with Gasteiger partial charge in [-0.1, -0.05) is 32.9 Å². The van der Waals surface area contributed by atoms with E-state index >= 15 is 0 Å². The van der Waals surface area contributed by atoms with E-state index in [0.717, 1.165) is 54.4 Å². The molecular formula is C31H49N4O4P. The van der Waals surface area contributed by atoms with E-state index in [9.17, 15) is 19.5 Å². The van der Waals surface area contributed by atoms with Gasteiger partial charge in [-0.25, -0.2) is 4.99 Å². The van der Waals surface area contributed by atoms with Crippen molar-refractivity contribution in [1.82, 2.24) is 10.2 Å². The van der Waals surface area contributed by atoms with E-state index in [1.54, 1.807) is 0 Å². The van der Waals surface area contributed by atoms with Gasteiger partial charge >= 0.3 is 7.60 Å². The summed E-state index contributed by atoms with van der Waals surface area (Å²) in [5.41, 5.74) is 1.76. The highest BCUT2D eigenvalue weighted by Crippen LogP contribution is 2.50. The summed E-state index contributed by atoms with van der Waals surface area (Å²) in [7, 11) is -4.14. The maximum Gasteiger partial charge on any atom is 0.327 e. The zero-order chi connectivity index (χ0) is 28.2. The van der Waals surface area contributed by atoms with Crippen LogP contribution in [0, 0.1) is 35.5 Å². The van der Waals surface area contributed by atoms with E-state index in [1.807, 2.05) is 18.2 Å². The van der Waals surface area contributed by atoms with Crippen molar-refractivity contribution < 1.29 is 19.5 Å². The number of benzene rings is 1. The SMILES string of the molecule is C[C@@H]1CC[C@H]2C[C@@H](N3c4ccccc4N=C(NCCP(=O)(O)O)C3O)C(C1)CN2[C@H]1C[C@H]2C[C@@H](C1)[C@H](C)[C@H](C)C2. The molecule has 4 bridgehead atoms. The molecule has 0 spiro atoms.